The second-order valence-corrected chi connectivity index (χ2v) is 12.5. The molecule has 194 valence electrons. The summed E-state index contributed by atoms with van der Waals surface area (Å²) >= 11 is 0. The highest BCUT2D eigenvalue weighted by atomic mass is 14.9. The first-order chi connectivity index (χ1) is 16.4. The van der Waals surface area contributed by atoms with Crippen molar-refractivity contribution in [2.75, 3.05) is 6.54 Å². The monoisotopic (exact) mass is 459 g/mol. The summed E-state index contributed by atoms with van der Waals surface area (Å²) in [5.41, 5.74) is 0. The zero-order valence-electron chi connectivity index (χ0n) is 22.6. The Morgan fingerprint density at radius 2 is 0.939 bits per heavy atom. The Kier molecular flexibility index (Phi) is 15.2. The molecule has 0 aromatic heterocycles. The van der Waals surface area contributed by atoms with Gasteiger partial charge in [-0.15, -0.1) is 0 Å². The van der Waals surface area contributed by atoms with Gasteiger partial charge in [0.15, 0.2) is 0 Å². The fourth-order valence-electron chi connectivity index (χ4n) is 7.03. The van der Waals surface area contributed by atoms with E-state index in [1.54, 1.807) is 32.1 Å². The summed E-state index contributed by atoms with van der Waals surface area (Å²) in [6.45, 7) is 1.27. The van der Waals surface area contributed by atoms with E-state index in [1.165, 1.54) is 148 Å². The van der Waals surface area contributed by atoms with Crippen LogP contribution in [0.4, 0.5) is 0 Å². The molecule has 0 heterocycles. The van der Waals surface area contributed by atoms with E-state index >= 15 is 0 Å². The normalized spacial score (nSPS) is 29.6. The van der Waals surface area contributed by atoms with Crippen molar-refractivity contribution in [2.24, 2.45) is 17.8 Å². The number of rotatable bonds is 9. The minimum Gasteiger partial charge on any atom is -0.314 e. The Morgan fingerprint density at radius 1 is 0.424 bits per heavy atom. The van der Waals surface area contributed by atoms with Crippen LogP contribution in [0.5, 0.6) is 0 Å². The molecule has 0 saturated heterocycles. The van der Waals surface area contributed by atoms with E-state index in [0.29, 0.717) is 0 Å². The van der Waals surface area contributed by atoms with Gasteiger partial charge in [0.2, 0.25) is 0 Å². The van der Waals surface area contributed by atoms with E-state index in [4.69, 9.17) is 0 Å². The van der Waals surface area contributed by atoms with Crippen LogP contribution in [-0.2, 0) is 0 Å². The van der Waals surface area contributed by atoms with Crippen molar-refractivity contribution in [3.8, 4) is 0 Å². The van der Waals surface area contributed by atoms with Crippen LogP contribution in [-0.4, -0.2) is 12.6 Å². The summed E-state index contributed by atoms with van der Waals surface area (Å²) in [6.07, 6.45) is 40.4. The van der Waals surface area contributed by atoms with Gasteiger partial charge in [0.05, 0.1) is 0 Å². The van der Waals surface area contributed by atoms with E-state index in [1.807, 2.05) is 0 Å². The SMILES string of the molecule is C1CCCCCC(NCCCCCCCC2CCCCCCCC3CC3CC2)CCCCC1. The molecule has 3 atom stereocenters. The van der Waals surface area contributed by atoms with Crippen LogP contribution in [0.2, 0.25) is 0 Å². The summed E-state index contributed by atoms with van der Waals surface area (Å²) in [5, 5.41) is 3.96. The summed E-state index contributed by atoms with van der Waals surface area (Å²) in [7, 11) is 0. The molecule has 1 heteroatoms. The highest BCUT2D eigenvalue weighted by Gasteiger charge is 2.35. The number of hydrogen-bond donors (Lipinski definition) is 1. The Hall–Kier alpha value is -0.0400. The lowest BCUT2D eigenvalue weighted by Crippen LogP contribution is -2.30. The van der Waals surface area contributed by atoms with Crippen molar-refractivity contribution >= 4 is 0 Å². The molecule has 33 heavy (non-hydrogen) atoms. The number of nitrogens with one attached hydrogen (secondary N) is 1. The van der Waals surface area contributed by atoms with E-state index in [2.05, 4.69) is 5.32 Å². The van der Waals surface area contributed by atoms with Gasteiger partial charge in [-0.2, -0.15) is 0 Å². The van der Waals surface area contributed by atoms with Crippen LogP contribution < -0.4 is 5.32 Å². The van der Waals surface area contributed by atoms with Gasteiger partial charge in [-0.25, -0.2) is 0 Å². The maximum Gasteiger partial charge on any atom is 0.00670 e. The maximum atomic E-state index is 3.96. The molecule has 3 saturated carbocycles. The van der Waals surface area contributed by atoms with Crippen molar-refractivity contribution < 1.29 is 0 Å². The van der Waals surface area contributed by atoms with Crippen molar-refractivity contribution in [1.29, 1.82) is 0 Å². The lowest BCUT2D eigenvalue weighted by molar-refractivity contribution is 0.354. The van der Waals surface area contributed by atoms with Crippen LogP contribution >= 0.6 is 0 Å². The summed E-state index contributed by atoms with van der Waals surface area (Å²) in [5.74, 6) is 3.34. The second-order valence-electron chi connectivity index (χ2n) is 12.5. The smallest absolute Gasteiger partial charge is 0.00670 e. The van der Waals surface area contributed by atoms with Gasteiger partial charge < -0.3 is 5.32 Å². The van der Waals surface area contributed by atoms with Crippen LogP contribution in [0.3, 0.4) is 0 Å². The van der Waals surface area contributed by atoms with E-state index in [9.17, 15) is 0 Å². The molecular formula is C32H61N. The lowest BCUT2D eigenvalue weighted by Gasteiger charge is -2.20. The molecule has 0 radical (unpaired) electrons. The first-order valence-electron chi connectivity index (χ1n) is 16.1. The van der Waals surface area contributed by atoms with Gasteiger partial charge in [0.25, 0.3) is 0 Å². The summed E-state index contributed by atoms with van der Waals surface area (Å²) < 4.78 is 0. The quantitative estimate of drug-likeness (QED) is 0.338. The summed E-state index contributed by atoms with van der Waals surface area (Å²) in [6, 6.07) is 0.816. The number of hydrogen-bond acceptors (Lipinski definition) is 1. The Balaban J connectivity index is 1.18. The molecule has 3 rings (SSSR count). The maximum absolute atomic E-state index is 3.96. The third kappa shape index (κ3) is 13.6. The average molecular weight is 460 g/mol. The molecule has 3 unspecified atom stereocenters. The highest BCUT2D eigenvalue weighted by Crippen LogP contribution is 2.46. The topological polar surface area (TPSA) is 12.0 Å². The van der Waals surface area contributed by atoms with Gasteiger partial charge in [0.1, 0.15) is 0 Å². The lowest BCUT2D eigenvalue weighted by atomic mass is 9.88. The fourth-order valence-corrected chi connectivity index (χ4v) is 7.03. The van der Waals surface area contributed by atoms with Gasteiger partial charge in [-0.1, -0.05) is 141 Å². The molecule has 0 aromatic rings. The molecular weight excluding hydrogens is 398 g/mol. The fraction of sp³-hybridized carbons (Fsp3) is 1.00. The number of fused-ring (bicyclic) bond motifs is 1. The van der Waals surface area contributed by atoms with Crippen LogP contribution in [0, 0.1) is 17.8 Å². The van der Waals surface area contributed by atoms with E-state index in [0.717, 1.165) is 23.8 Å². The van der Waals surface area contributed by atoms with E-state index in [-0.39, 0.29) is 0 Å². The molecule has 3 aliphatic carbocycles. The first-order valence-corrected chi connectivity index (χ1v) is 16.1. The third-order valence-electron chi connectivity index (χ3n) is 9.53. The zero-order chi connectivity index (χ0) is 22.8. The minimum absolute atomic E-state index is 0.816. The third-order valence-corrected chi connectivity index (χ3v) is 9.53. The van der Waals surface area contributed by atoms with Crippen LogP contribution in [0.1, 0.15) is 173 Å². The number of unbranched alkanes of at least 4 members (excludes halogenated alkanes) is 4. The molecule has 1 N–H and O–H groups in total. The van der Waals surface area contributed by atoms with Crippen LogP contribution in [0.25, 0.3) is 0 Å². The second kappa shape index (κ2) is 18.3. The van der Waals surface area contributed by atoms with Gasteiger partial charge in [0, 0.05) is 6.04 Å². The molecule has 3 aliphatic rings. The summed E-state index contributed by atoms with van der Waals surface area (Å²) in [4.78, 5) is 0. The first kappa shape index (κ1) is 27.5. The van der Waals surface area contributed by atoms with Crippen molar-refractivity contribution in [2.45, 2.75) is 179 Å². The molecule has 0 amide bonds. The highest BCUT2D eigenvalue weighted by molar-refractivity contribution is 4.86. The van der Waals surface area contributed by atoms with Crippen molar-refractivity contribution in [3.05, 3.63) is 0 Å². The Morgan fingerprint density at radius 3 is 1.64 bits per heavy atom. The van der Waals surface area contributed by atoms with Crippen LogP contribution in [0.15, 0.2) is 0 Å². The Bertz CT molecular complexity index is 434. The molecule has 3 fully saturated rings. The average Bonchev–Trinajstić information content (AvgIpc) is 3.56. The predicted molar refractivity (Wildman–Crippen MR) is 147 cm³/mol. The van der Waals surface area contributed by atoms with Gasteiger partial charge in [-0.05, 0) is 56.4 Å². The molecule has 0 bridgehead atoms. The molecule has 0 spiro atoms. The molecule has 0 aromatic carbocycles. The molecule has 0 aliphatic heterocycles. The molecule has 1 nitrogen and oxygen atoms in total. The Labute approximate surface area is 209 Å². The van der Waals surface area contributed by atoms with Crippen molar-refractivity contribution in [3.63, 3.8) is 0 Å². The van der Waals surface area contributed by atoms with Crippen molar-refractivity contribution in [1.82, 2.24) is 5.32 Å². The standard InChI is InChI=1S/C32H61N/c1-2-4-11-17-23-32(24-18-12-5-3-1)33-27-19-13-7-9-15-21-29-20-14-8-6-10-16-22-30-28-31(30)26-25-29/h29-33H,1-28H2. The predicted octanol–water partition coefficient (Wildman–Crippen LogP) is 10.4. The van der Waals surface area contributed by atoms with Gasteiger partial charge >= 0.3 is 0 Å². The zero-order valence-corrected chi connectivity index (χ0v) is 22.6. The van der Waals surface area contributed by atoms with E-state index < -0.39 is 0 Å². The minimum atomic E-state index is 0.816. The largest absolute Gasteiger partial charge is 0.314 e. The van der Waals surface area contributed by atoms with Gasteiger partial charge in [-0.3, -0.25) is 0 Å².